The van der Waals surface area contributed by atoms with Gasteiger partial charge in [0.2, 0.25) is 0 Å². The van der Waals surface area contributed by atoms with Crippen molar-refractivity contribution in [3.8, 4) is 33.8 Å². The van der Waals surface area contributed by atoms with Gasteiger partial charge in [0.15, 0.2) is 13.6 Å². The number of methoxy groups -OCH3 is 2. The SMILES string of the molecule is COCCOCOC(=O)c1cc(O)c(C)cc1-c1ccc(C(=O)NCC2CC2)nc1C.COCCOCOC(=O)c1cc(OCc2ccccc2)c(C)cc1-c1ccc(C(=O)NCC2CC2)nc1C.O=C=O.O=C=O. The third-order valence-electron chi connectivity index (χ3n) is 11.5. The second-order valence-electron chi connectivity index (χ2n) is 17.2. The number of phenols is 1. The van der Waals surface area contributed by atoms with Crippen LogP contribution in [0.25, 0.3) is 22.3 Å². The lowest BCUT2D eigenvalue weighted by Crippen LogP contribution is -2.26. The van der Waals surface area contributed by atoms with E-state index in [0.29, 0.717) is 114 Å². The lowest BCUT2D eigenvalue weighted by atomic mass is 9.95. The van der Waals surface area contributed by atoms with Crippen molar-refractivity contribution >= 4 is 36.1 Å². The molecule has 0 radical (unpaired) electrons. The fourth-order valence-electron chi connectivity index (χ4n) is 7.05. The maximum Gasteiger partial charge on any atom is 0.373 e. The van der Waals surface area contributed by atoms with Crippen LogP contribution in [-0.4, -0.2) is 118 Å². The molecule has 2 aliphatic rings. The maximum absolute atomic E-state index is 13.2. The fourth-order valence-corrected chi connectivity index (χ4v) is 7.05. The van der Waals surface area contributed by atoms with E-state index in [9.17, 15) is 24.3 Å². The molecule has 2 aliphatic carbocycles. The number of aromatic nitrogens is 2. The lowest BCUT2D eigenvalue weighted by molar-refractivity contribution is -0.193. The largest absolute Gasteiger partial charge is 0.508 e. The minimum atomic E-state index is -0.631. The van der Waals surface area contributed by atoms with Crippen molar-refractivity contribution in [2.75, 3.05) is 67.3 Å². The monoisotopic (exact) mass is 1030 g/mol. The first-order chi connectivity index (χ1) is 36.2. The summed E-state index contributed by atoms with van der Waals surface area (Å²) in [5.74, 6) is 0.134. The van der Waals surface area contributed by atoms with Gasteiger partial charge in [-0.1, -0.05) is 42.5 Å². The highest BCUT2D eigenvalue weighted by Gasteiger charge is 2.25. The van der Waals surface area contributed by atoms with Gasteiger partial charge in [-0.05, 0) is 129 Å². The molecule has 2 heterocycles. The highest BCUT2D eigenvalue weighted by atomic mass is 16.7. The third kappa shape index (κ3) is 19.8. The Morgan fingerprint density at radius 1 is 0.587 bits per heavy atom. The summed E-state index contributed by atoms with van der Waals surface area (Å²) in [4.78, 5) is 92.2. The number of ether oxygens (including phenoxy) is 7. The average Bonchev–Trinajstić information content (AvgIpc) is 4.35. The smallest absolute Gasteiger partial charge is 0.373 e. The molecule has 75 heavy (non-hydrogen) atoms. The molecular formula is C55H62N4O16. The van der Waals surface area contributed by atoms with Gasteiger partial charge >= 0.3 is 24.2 Å². The second-order valence-corrected chi connectivity index (χ2v) is 17.2. The molecule has 398 valence electrons. The van der Waals surface area contributed by atoms with Crippen molar-refractivity contribution in [1.82, 2.24) is 20.6 Å². The molecule has 0 aliphatic heterocycles. The molecule has 2 aromatic heterocycles. The highest BCUT2D eigenvalue weighted by molar-refractivity contribution is 6.00. The molecule has 5 aromatic rings. The van der Waals surface area contributed by atoms with E-state index in [1.165, 1.54) is 6.07 Å². The molecule has 0 saturated heterocycles. The minimum Gasteiger partial charge on any atom is -0.508 e. The van der Waals surface area contributed by atoms with Crippen molar-refractivity contribution in [2.24, 2.45) is 11.8 Å². The average molecular weight is 1040 g/mol. The van der Waals surface area contributed by atoms with Crippen molar-refractivity contribution in [1.29, 1.82) is 0 Å². The Hall–Kier alpha value is -7.96. The highest BCUT2D eigenvalue weighted by Crippen LogP contribution is 2.35. The Morgan fingerprint density at radius 3 is 1.45 bits per heavy atom. The Labute approximate surface area is 434 Å². The number of aryl methyl sites for hydroxylation is 4. The van der Waals surface area contributed by atoms with E-state index in [2.05, 4.69) is 20.6 Å². The Balaban J connectivity index is 0.000000299. The molecule has 20 heteroatoms. The molecule has 2 amide bonds. The summed E-state index contributed by atoms with van der Waals surface area (Å²) in [5, 5.41) is 16.0. The zero-order chi connectivity index (χ0) is 54.7. The molecule has 0 atom stereocenters. The van der Waals surface area contributed by atoms with Crippen molar-refractivity contribution < 1.29 is 76.6 Å². The van der Waals surface area contributed by atoms with Crippen LogP contribution in [0.5, 0.6) is 11.5 Å². The molecule has 0 unspecified atom stereocenters. The number of carbonyl (C=O) groups excluding carboxylic acids is 8. The number of hydrogen-bond donors (Lipinski definition) is 3. The number of hydrogen-bond acceptors (Lipinski definition) is 18. The van der Waals surface area contributed by atoms with E-state index in [-0.39, 0.29) is 49.0 Å². The molecule has 7 rings (SSSR count). The first-order valence-electron chi connectivity index (χ1n) is 23.8. The van der Waals surface area contributed by atoms with Crippen LogP contribution >= 0.6 is 0 Å². The van der Waals surface area contributed by atoms with Crippen molar-refractivity contribution in [2.45, 2.75) is 60.0 Å². The molecule has 2 saturated carbocycles. The minimum absolute atomic E-state index is 0.0160. The number of esters is 2. The van der Waals surface area contributed by atoms with E-state index in [1.807, 2.05) is 56.3 Å². The third-order valence-corrected chi connectivity index (χ3v) is 11.5. The fraction of sp³-hybridized carbons (Fsp3) is 0.382. The molecule has 3 N–H and O–H groups in total. The molecule has 0 bridgehead atoms. The van der Waals surface area contributed by atoms with Crippen LogP contribution in [-0.2, 0) is 54.2 Å². The molecule has 3 aromatic carbocycles. The molecule has 0 spiro atoms. The van der Waals surface area contributed by atoms with Crippen LogP contribution in [0, 0.1) is 39.5 Å². The quantitative estimate of drug-likeness (QED) is 0.0349. The van der Waals surface area contributed by atoms with Gasteiger partial charge in [0, 0.05) is 49.8 Å². The number of aromatic hydroxyl groups is 1. The summed E-state index contributed by atoms with van der Waals surface area (Å²) in [6.45, 7) is 9.93. The Bertz CT molecular complexity index is 2750. The van der Waals surface area contributed by atoms with Crippen LogP contribution in [0.2, 0.25) is 0 Å². The van der Waals surface area contributed by atoms with Crippen LogP contribution in [0.3, 0.4) is 0 Å². The number of benzene rings is 3. The van der Waals surface area contributed by atoms with Crippen molar-refractivity contribution in [3.05, 3.63) is 129 Å². The van der Waals surface area contributed by atoms with Gasteiger partial charge in [0.05, 0.1) is 37.6 Å². The summed E-state index contributed by atoms with van der Waals surface area (Å²) in [6.07, 6.45) is 5.13. The number of rotatable bonds is 23. The first-order valence-corrected chi connectivity index (χ1v) is 23.8. The predicted molar refractivity (Wildman–Crippen MR) is 267 cm³/mol. The number of phenolic OH excluding ortho intramolecular Hbond substituents is 1. The summed E-state index contributed by atoms with van der Waals surface area (Å²) in [5.41, 5.74) is 7.50. The van der Waals surface area contributed by atoms with E-state index in [4.69, 9.17) is 52.3 Å². The van der Waals surface area contributed by atoms with Crippen LogP contribution in [0.1, 0.15) is 95.5 Å². The lowest BCUT2D eigenvalue weighted by Gasteiger charge is -2.17. The van der Waals surface area contributed by atoms with E-state index in [1.54, 1.807) is 58.4 Å². The standard InChI is InChI=1S/C30H34N2O6.C23H28N2O6.2CO2/c1-20-15-25(24-11-12-27(32-21(24)2)29(33)31-17-22-9-10-22)26(30(34)38-19-36-14-13-35-3)16-28(20)37-18-23-7-5-4-6-8-23;1-14-10-18(19(11-21(14)26)23(28)31-13-30-9-8-29-3)17-6-7-20(25-15(17)2)22(27)24-12-16-4-5-16;2*2-1-3/h4-8,11-12,15-16,22H,9-10,13-14,17-19H2,1-3H3,(H,31,33);6-7,10-11,16,26H,4-5,8-9,12-13H2,1-3H3,(H,24,27);;. The van der Waals surface area contributed by atoms with Gasteiger partial charge in [-0.25, -0.2) is 19.6 Å². The van der Waals surface area contributed by atoms with Gasteiger partial charge in [0.25, 0.3) is 11.8 Å². The van der Waals surface area contributed by atoms with Gasteiger partial charge in [-0.15, -0.1) is 0 Å². The second kappa shape index (κ2) is 31.6. The summed E-state index contributed by atoms with van der Waals surface area (Å²) in [6, 6.07) is 23.4. The zero-order valence-corrected chi connectivity index (χ0v) is 42.8. The number of carbonyl (C=O) groups is 4. The predicted octanol–water partition coefficient (Wildman–Crippen LogP) is 6.68. The molecule has 2 fully saturated rings. The van der Waals surface area contributed by atoms with Crippen LogP contribution in [0.4, 0.5) is 0 Å². The maximum atomic E-state index is 13.2. The van der Waals surface area contributed by atoms with E-state index < -0.39 is 11.9 Å². The Morgan fingerprint density at radius 2 is 1.03 bits per heavy atom. The van der Waals surface area contributed by atoms with Crippen molar-refractivity contribution in [3.63, 3.8) is 0 Å². The number of amides is 2. The normalized spacial score (nSPS) is 12.1. The number of pyridine rings is 2. The summed E-state index contributed by atoms with van der Waals surface area (Å²) in [7, 11) is 3.12. The van der Waals surface area contributed by atoms with E-state index >= 15 is 0 Å². The van der Waals surface area contributed by atoms with Gasteiger partial charge in [-0.3, -0.25) is 9.59 Å². The first kappa shape index (κ1) is 59.6. The van der Waals surface area contributed by atoms with E-state index in [0.717, 1.165) is 42.4 Å². The topological polar surface area (TPSA) is 271 Å². The summed E-state index contributed by atoms with van der Waals surface area (Å²) >= 11 is 0. The van der Waals surface area contributed by atoms with Gasteiger partial charge < -0.3 is 48.9 Å². The van der Waals surface area contributed by atoms with Gasteiger partial charge in [0.1, 0.15) is 29.5 Å². The molecule has 20 nitrogen and oxygen atoms in total. The molecular weight excluding hydrogens is 973 g/mol. The van der Waals surface area contributed by atoms with Crippen LogP contribution in [0.15, 0.2) is 78.9 Å². The van der Waals surface area contributed by atoms with Gasteiger partial charge in [-0.2, -0.15) is 19.2 Å². The zero-order valence-electron chi connectivity index (χ0n) is 42.8. The Kier molecular flexibility index (Phi) is 25.1. The summed E-state index contributed by atoms with van der Waals surface area (Å²) < 4.78 is 37.0. The number of nitrogens with zero attached hydrogens (tertiary/aromatic N) is 2. The van der Waals surface area contributed by atoms with Crippen LogP contribution < -0.4 is 15.4 Å². The number of nitrogens with one attached hydrogen (secondary N) is 2.